The van der Waals surface area contributed by atoms with Crippen molar-refractivity contribution in [3.05, 3.63) is 35.9 Å². The first-order valence-corrected chi connectivity index (χ1v) is 7.13. The van der Waals surface area contributed by atoms with E-state index in [0.717, 1.165) is 23.1 Å². The second-order valence-corrected chi connectivity index (χ2v) is 5.33. The van der Waals surface area contributed by atoms with Crippen LogP contribution in [0.2, 0.25) is 0 Å². The molecule has 0 bridgehead atoms. The Balaban J connectivity index is 1.72. The number of hydrogen-bond acceptors (Lipinski definition) is 4. The molecular formula is C15H20N4O. The highest BCUT2D eigenvalue weighted by Gasteiger charge is 2.22. The highest BCUT2D eigenvalue weighted by molar-refractivity contribution is 5.41. The van der Waals surface area contributed by atoms with E-state index in [0.29, 0.717) is 12.6 Å². The quantitative estimate of drug-likeness (QED) is 0.869. The van der Waals surface area contributed by atoms with E-state index < -0.39 is 0 Å². The van der Waals surface area contributed by atoms with Crippen LogP contribution in [0.3, 0.4) is 0 Å². The van der Waals surface area contributed by atoms with Gasteiger partial charge in [0.25, 0.3) is 0 Å². The standard InChI is InChI=1S/C15H20N4O/c1-11-17-18-15(19(11)13-4-2-3-5-13)10-20-14-8-6-12(16)7-9-14/h6-9,13H,2-5,10,16H2,1H3. The van der Waals surface area contributed by atoms with Gasteiger partial charge in [-0.2, -0.15) is 0 Å². The summed E-state index contributed by atoms with van der Waals surface area (Å²) in [6.07, 6.45) is 5.02. The van der Waals surface area contributed by atoms with Crippen LogP contribution in [0.1, 0.15) is 43.4 Å². The van der Waals surface area contributed by atoms with E-state index >= 15 is 0 Å². The van der Waals surface area contributed by atoms with Crippen molar-refractivity contribution >= 4 is 5.69 Å². The van der Waals surface area contributed by atoms with Crippen molar-refractivity contribution in [1.82, 2.24) is 14.8 Å². The molecule has 1 aromatic carbocycles. The van der Waals surface area contributed by atoms with Gasteiger partial charge in [-0.1, -0.05) is 12.8 Å². The first-order chi connectivity index (χ1) is 9.74. The predicted octanol–water partition coefficient (Wildman–Crippen LogP) is 2.86. The number of aromatic nitrogens is 3. The smallest absolute Gasteiger partial charge is 0.171 e. The minimum absolute atomic E-state index is 0.446. The summed E-state index contributed by atoms with van der Waals surface area (Å²) in [7, 11) is 0. The molecule has 1 saturated carbocycles. The third-order valence-electron chi connectivity index (χ3n) is 3.87. The minimum atomic E-state index is 0.446. The SMILES string of the molecule is Cc1nnc(COc2ccc(N)cc2)n1C1CCCC1. The second-order valence-electron chi connectivity index (χ2n) is 5.33. The van der Waals surface area contributed by atoms with E-state index in [1.807, 2.05) is 31.2 Å². The van der Waals surface area contributed by atoms with Gasteiger partial charge in [-0.3, -0.25) is 0 Å². The lowest BCUT2D eigenvalue weighted by atomic mass is 10.2. The first-order valence-electron chi connectivity index (χ1n) is 7.13. The van der Waals surface area contributed by atoms with E-state index in [2.05, 4.69) is 14.8 Å². The van der Waals surface area contributed by atoms with E-state index in [-0.39, 0.29) is 0 Å². The lowest BCUT2D eigenvalue weighted by Gasteiger charge is -2.16. The van der Waals surface area contributed by atoms with Crippen LogP contribution in [0.5, 0.6) is 5.75 Å². The summed E-state index contributed by atoms with van der Waals surface area (Å²) in [6, 6.07) is 7.96. The van der Waals surface area contributed by atoms with Crippen LogP contribution in [0.25, 0.3) is 0 Å². The Bertz CT molecular complexity index is 570. The zero-order chi connectivity index (χ0) is 13.9. The van der Waals surface area contributed by atoms with Gasteiger partial charge in [0.1, 0.15) is 18.2 Å². The third kappa shape index (κ3) is 2.61. The van der Waals surface area contributed by atoms with Crippen molar-refractivity contribution in [2.45, 2.75) is 45.3 Å². The van der Waals surface area contributed by atoms with Crippen LogP contribution in [0, 0.1) is 6.92 Å². The van der Waals surface area contributed by atoms with Crippen LogP contribution in [-0.4, -0.2) is 14.8 Å². The third-order valence-corrected chi connectivity index (χ3v) is 3.87. The number of nitrogen functional groups attached to an aromatic ring is 1. The number of ether oxygens (including phenoxy) is 1. The lowest BCUT2D eigenvalue weighted by Crippen LogP contribution is -2.13. The summed E-state index contributed by atoms with van der Waals surface area (Å²) in [5.41, 5.74) is 6.40. The molecule has 0 saturated heterocycles. The summed E-state index contributed by atoms with van der Waals surface area (Å²) in [4.78, 5) is 0. The van der Waals surface area contributed by atoms with Gasteiger partial charge in [0.05, 0.1) is 0 Å². The molecule has 5 nitrogen and oxygen atoms in total. The maximum atomic E-state index is 5.78. The van der Waals surface area contributed by atoms with Gasteiger partial charge in [0.2, 0.25) is 0 Å². The largest absolute Gasteiger partial charge is 0.486 e. The zero-order valence-electron chi connectivity index (χ0n) is 11.7. The van der Waals surface area contributed by atoms with Crippen LogP contribution in [0.4, 0.5) is 5.69 Å². The molecule has 2 aromatic rings. The Labute approximate surface area is 118 Å². The molecule has 1 fully saturated rings. The molecular weight excluding hydrogens is 252 g/mol. The van der Waals surface area contributed by atoms with Crippen LogP contribution >= 0.6 is 0 Å². The highest BCUT2D eigenvalue weighted by Crippen LogP contribution is 2.31. The van der Waals surface area contributed by atoms with Gasteiger partial charge in [-0.15, -0.1) is 10.2 Å². The number of hydrogen-bond donors (Lipinski definition) is 1. The Morgan fingerprint density at radius 1 is 1.20 bits per heavy atom. The molecule has 0 atom stereocenters. The zero-order valence-corrected chi connectivity index (χ0v) is 11.7. The van der Waals surface area contributed by atoms with Crippen molar-refractivity contribution < 1.29 is 4.74 Å². The molecule has 106 valence electrons. The van der Waals surface area contributed by atoms with Gasteiger partial charge >= 0.3 is 0 Å². The predicted molar refractivity (Wildman–Crippen MR) is 77.5 cm³/mol. The fourth-order valence-corrected chi connectivity index (χ4v) is 2.86. The number of benzene rings is 1. The molecule has 1 aliphatic rings. The molecule has 20 heavy (non-hydrogen) atoms. The summed E-state index contributed by atoms with van der Waals surface area (Å²) >= 11 is 0. The van der Waals surface area contributed by atoms with Crippen molar-refractivity contribution in [2.24, 2.45) is 0 Å². The monoisotopic (exact) mass is 272 g/mol. The van der Waals surface area contributed by atoms with Gasteiger partial charge in [-0.05, 0) is 44.0 Å². The highest BCUT2D eigenvalue weighted by atomic mass is 16.5. The van der Waals surface area contributed by atoms with Crippen molar-refractivity contribution in [3.63, 3.8) is 0 Å². The summed E-state index contributed by atoms with van der Waals surface area (Å²) in [5, 5.41) is 8.46. The molecule has 0 unspecified atom stereocenters. The van der Waals surface area contributed by atoms with Gasteiger partial charge < -0.3 is 15.0 Å². The van der Waals surface area contributed by atoms with Crippen LogP contribution in [-0.2, 0) is 6.61 Å². The average molecular weight is 272 g/mol. The number of anilines is 1. The Kier molecular flexibility index (Phi) is 3.58. The molecule has 0 spiro atoms. The molecule has 1 aromatic heterocycles. The molecule has 3 rings (SSSR count). The molecule has 0 amide bonds. The maximum absolute atomic E-state index is 5.78. The summed E-state index contributed by atoms with van der Waals surface area (Å²) in [5.74, 6) is 2.69. The fourth-order valence-electron chi connectivity index (χ4n) is 2.86. The molecule has 0 radical (unpaired) electrons. The van der Waals surface area contributed by atoms with Crippen LogP contribution < -0.4 is 10.5 Å². The number of aryl methyl sites for hydroxylation is 1. The van der Waals surface area contributed by atoms with E-state index in [4.69, 9.17) is 10.5 Å². The molecule has 1 aliphatic carbocycles. The van der Waals surface area contributed by atoms with E-state index in [9.17, 15) is 0 Å². The molecule has 0 aliphatic heterocycles. The number of nitrogens with two attached hydrogens (primary N) is 1. The molecule has 2 N–H and O–H groups in total. The Morgan fingerprint density at radius 2 is 1.90 bits per heavy atom. The van der Waals surface area contributed by atoms with Crippen molar-refractivity contribution in [1.29, 1.82) is 0 Å². The van der Waals surface area contributed by atoms with E-state index in [1.165, 1.54) is 25.7 Å². The Hall–Kier alpha value is -2.04. The Morgan fingerprint density at radius 3 is 2.60 bits per heavy atom. The lowest BCUT2D eigenvalue weighted by molar-refractivity contribution is 0.283. The second kappa shape index (κ2) is 5.53. The van der Waals surface area contributed by atoms with Crippen molar-refractivity contribution in [2.75, 3.05) is 5.73 Å². The first kappa shape index (κ1) is 13.0. The summed E-state index contributed by atoms with van der Waals surface area (Å²) in [6.45, 7) is 2.46. The van der Waals surface area contributed by atoms with Crippen LogP contribution in [0.15, 0.2) is 24.3 Å². The number of nitrogens with zero attached hydrogens (tertiary/aromatic N) is 3. The maximum Gasteiger partial charge on any atom is 0.171 e. The fraction of sp³-hybridized carbons (Fsp3) is 0.467. The average Bonchev–Trinajstić information content (AvgIpc) is 3.07. The minimum Gasteiger partial charge on any atom is -0.486 e. The topological polar surface area (TPSA) is 66.0 Å². The number of rotatable bonds is 4. The summed E-state index contributed by atoms with van der Waals surface area (Å²) < 4.78 is 8.02. The molecule has 1 heterocycles. The molecule has 5 heteroatoms. The van der Waals surface area contributed by atoms with Gasteiger partial charge in [0, 0.05) is 11.7 Å². The van der Waals surface area contributed by atoms with Gasteiger partial charge in [0.15, 0.2) is 5.82 Å². The normalized spacial score (nSPS) is 15.7. The van der Waals surface area contributed by atoms with E-state index in [1.54, 1.807) is 0 Å². The van der Waals surface area contributed by atoms with Gasteiger partial charge in [-0.25, -0.2) is 0 Å². The van der Waals surface area contributed by atoms with Crippen molar-refractivity contribution in [3.8, 4) is 5.75 Å².